The van der Waals surface area contributed by atoms with Crippen LogP contribution in [-0.2, 0) is 0 Å². The average molecular weight is 386 g/mol. The van der Waals surface area contributed by atoms with E-state index in [1.165, 1.54) is 18.2 Å². The molecule has 4 rings (SSSR count). The van der Waals surface area contributed by atoms with Crippen LogP contribution in [0.3, 0.4) is 0 Å². The number of carbonyl (C=O) groups is 1. The predicted molar refractivity (Wildman–Crippen MR) is 99.0 cm³/mol. The summed E-state index contributed by atoms with van der Waals surface area (Å²) in [6.07, 6.45) is 3.61. The Kier molecular flexibility index (Phi) is 4.49. The molecule has 0 aliphatic carbocycles. The third-order valence-electron chi connectivity index (χ3n) is 4.81. The number of amides is 1. The lowest BCUT2D eigenvalue weighted by Crippen LogP contribution is -2.39. The van der Waals surface area contributed by atoms with Crippen molar-refractivity contribution in [2.75, 3.05) is 13.1 Å². The van der Waals surface area contributed by atoms with Gasteiger partial charge in [0.05, 0.1) is 15.5 Å². The Morgan fingerprint density at radius 2 is 2.11 bits per heavy atom. The molecule has 1 saturated heterocycles. The fraction of sp³-hybridized carbons (Fsp3) is 0.278. The zero-order valence-corrected chi connectivity index (χ0v) is 15.0. The van der Waals surface area contributed by atoms with Gasteiger partial charge in [0.1, 0.15) is 5.82 Å². The van der Waals surface area contributed by atoms with E-state index in [1.807, 2.05) is 28.8 Å². The first kappa shape index (κ1) is 17.4. The summed E-state index contributed by atoms with van der Waals surface area (Å²) in [6, 6.07) is 9.61. The molecule has 3 heterocycles. The lowest BCUT2D eigenvalue weighted by Gasteiger charge is -2.32. The molecule has 9 heteroatoms. The maximum absolute atomic E-state index is 13.0. The largest absolute Gasteiger partial charge is 0.338 e. The van der Waals surface area contributed by atoms with Crippen molar-refractivity contribution in [2.45, 2.75) is 18.8 Å². The number of aromatic nitrogens is 3. The number of nitro benzene ring substituents is 1. The van der Waals surface area contributed by atoms with E-state index in [-0.39, 0.29) is 28.1 Å². The molecule has 1 amide bonds. The normalized spacial score (nSPS) is 17.2. The number of benzene rings is 1. The number of halogens is 1. The zero-order valence-electron chi connectivity index (χ0n) is 14.3. The lowest BCUT2D eigenvalue weighted by atomic mass is 9.96. The number of rotatable bonds is 3. The molecule has 138 valence electrons. The average Bonchev–Trinajstić information content (AvgIpc) is 3.12. The van der Waals surface area contributed by atoms with E-state index < -0.39 is 4.92 Å². The van der Waals surface area contributed by atoms with Gasteiger partial charge >= 0.3 is 0 Å². The molecular weight excluding hydrogens is 370 g/mol. The first-order chi connectivity index (χ1) is 13.0. The van der Waals surface area contributed by atoms with Crippen LogP contribution in [0.15, 0.2) is 42.6 Å². The van der Waals surface area contributed by atoms with Crippen molar-refractivity contribution in [3.63, 3.8) is 0 Å². The topological polar surface area (TPSA) is 93.6 Å². The molecular formula is C18H16ClN5O3. The Morgan fingerprint density at radius 3 is 2.93 bits per heavy atom. The van der Waals surface area contributed by atoms with Crippen molar-refractivity contribution in [2.24, 2.45) is 0 Å². The molecule has 1 fully saturated rings. The van der Waals surface area contributed by atoms with Gasteiger partial charge in [-0.05, 0) is 31.0 Å². The summed E-state index contributed by atoms with van der Waals surface area (Å²) in [4.78, 5) is 25.1. The standard InChI is InChI=1S/C18H16ClN5O3/c19-15-7-6-13(24(26)27)10-14(15)18(25)22-8-3-4-12(11-22)17-21-20-16-5-1-2-9-23(16)17/h1-2,5-7,9-10,12H,3-4,8,11H2. The minimum Gasteiger partial charge on any atom is -0.338 e. The SMILES string of the molecule is O=C(c1cc([N+](=O)[O-])ccc1Cl)N1CCCC(c2nnc3ccccn23)C1. The van der Waals surface area contributed by atoms with Gasteiger partial charge in [-0.2, -0.15) is 0 Å². The number of piperidine rings is 1. The van der Waals surface area contributed by atoms with Crippen LogP contribution in [0.5, 0.6) is 0 Å². The second-order valence-electron chi connectivity index (χ2n) is 6.50. The Balaban J connectivity index is 1.61. The van der Waals surface area contributed by atoms with Gasteiger partial charge in [-0.1, -0.05) is 17.7 Å². The van der Waals surface area contributed by atoms with Crippen LogP contribution in [0.2, 0.25) is 5.02 Å². The second kappa shape index (κ2) is 6.96. The third-order valence-corrected chi connectivity index (χ3v) is 5.13. The van der Waals surface area contributed by atoms with E-state index in [0.717, 1.165) is 24.3 Å². The minimum atomic E-state index is -0.533. The third kappa shape index (κ3) is 3.23. The quantitative estimate of drug-likeness (QED) is 0.509. The van der Waals surface area contributed by atoms with Crippen LogP contribution < -0.4 is 0 Å². The number of hydrogen-bond acceptors (Lipinski definition) is 5. The van der Waals surface area contributed by atoms with Crippen molar-refractivity contribution in [1.29, 1.82) is 0 Å². The van der Waals surface area contributed by atoms with Crippen LogP contribution in [-0.4, -0.2) is 43.4 Å². The monoisotopic (exact) mass is 385 g/mol. The maximum Gasteiger partial charge on any atom is 0.270 e. The van der Waals surface area contributed by atoms with Gasteiger partial charge in [0.25, 0.3) is 11.6 Å². The highest BCUT2D eigenvalue weighted by molar-refractivity contribution is 6.33. The molecule has 0 radical (unpaired) electrons. The highest BCUT2D eigenvalue weighted by Crippen LogP contribution is 2.29. The molecule has 0 N–H and O–H groups in total. The number of nitro groups is 1. The highest BCUT2D eigenvalue weighted by Gasteiger charge is 2.29. The van der Waals surface area contributed by atoms with E-state index >= 15 is 0 Å². The summed E-state index contributed by atoms with van der Waals surface area (Å²) < 4.78 is 1.93. The molecule has 1 aromatic carbocycles. The van der Waals surface area contributed by atoms with Crippen molar-refractivity contribution < 1.29 is 9.72 Å². The summed E-state index contributed by atoms with van der Waals surface area (Å²) in [7, 11) is 0. The van der Waals surface area contributed by atoms with Crippen LogP contribution >= 0.6 is 11.6 Å². The van der Waals surface area contributed by atoms with E-state index in [9.17, 15) is 14.9 Å². The van der Waals surface area contributed by atoms with Crippen molar-refractivity contribution >= 4 is 28.8 Å². The number of pyridine rings is 1. The molecule has 3 aromatic rings. The van der Waals surface area contributed by atoms with Gasteiger partial charge in [0, 0.05) is 37.3 Å². The smallest absolute Gasteiger partial charge is 0.270 e. The van der Waals surface area contributed by atoms with Gasteiger partial charge in [-0.3, -0.25) is 19.3 Å². The number of nitrogens with zero attached hydrogens (tertiary/aromatic N) is 5. The molecule has 0 spiro atoms. The van der Waals surface area contributed by atoms with Gasteiger partial charge in [-0.15, -0.1) is 10.2 Å². The van der Waals surface area contributed by atoms with Crippen LogP contribution in [0.25, 0.3) is 5.65 Å². The van der Waals surface area contributed by atoms with Gasteiger partial charge < -0.3 is 4.90 Å². The van der Waals surface area contributed by atoms with Gasteiger partial charge in [-0.25, -0.2) is 0 Å². The van der Waals surface area contributed by atoms with E-state index in [4.69, 9.17) is 11.6 Å². The zero-order chi connectivity index (χ0) is 19.0. The van der Waals surface area contributed by atoms with Crippen molar-refractivity contribution in [3.05, 3.63) is 69.1 Å². The molecule has 27 heavy (non-hydrogen) atoms. The van der Waals surface area contributed by atoms with Gasteiger partial charge in [0.2, 0.25) is 0 Å². The van der Waals surface area contributed by atoms with E-state index in [1.54, 1.807) is 4.90 Å². The number of fused-ring (bicyclic) bond motifs is 1. The highest BCUT2D eigenvalue weighted by atomic mass is 35.5. The maximum atomic E-state index is 13.0. The first-order valence-corrected chi connectivity index (χ1v) is 8.95. The first-order valence-electron chi connectivity index (χ1n) is 8.57. The fourth-order valence-corrected chi connectivity index (χ4v) is 3.67. The number of hydrogen-bond donors (Lipinski definition) is 0. The molecule has 1 atom stereocenters. The summed E-state index contributed by atoms with van der Waals surface area (Å²) >= 11 is 6.13. The van der Waals surface area contributed by atoms with Crippen molar-refractivity contribution in [3.8, 4) is 0 Å². The van der Waals surface area contributed by atoms with Crippen LogP contribution in [0, 0.1) is 10.1 Å². The summed E-state index contributed by atoms with van der Waals surface area (Å²) in [6.45, 7) is 1.04. The van der Waals surface area contributed by atoms with E-state index in [2.05, 4.69) is 10.2 Å². The van der Waals surface area contributed by atoms with E-state index in [0.29, 0.717) is 13.1 Å². The minimum absolute atomic E-state index is 0.0394. The Bertz CT molecular complexity index is 1030. The summed E-state index contributed by atoms with van der Waals surface area (Å²) in [5, 5.41) is 19.7. The van der Waals surface area contributed by atoms with Crippen LogP contribution in [0.1, 0.15) is 34.9 Å². The number of likely N-dealkylation sites (tertiary alicyclic amines) is 1. The molecule has 8 nitrogen and oxygen atoms in total. The number of carbonyl (C=O) groups excluding carboxylic acids is 1. The molecule has 0 saturated carbocycles. The van der Waals surface area contributed by atoms with Crippen LogP contribution in [0.4, 0.5) is 5.69 Å². The summed E-state index contributed by atoms with van der Waals surface area (Å²) in [5.74, 6) is 0.549. The summed E-state index contributed by atoms with van der Waals surface area (Å²) in [5.41, 5.74) is 0.759. The molecule has 1 aliphatic heterocycles. The molecule has 0 bridgehead atoms. The molecule has 1 aliphatic rings. The Hall–Kier alpha value is -3.00. The predicted octanol–water partition coefficient (Wildman–Crippen LogP) is 3.31. The number of non-ortho nitro benzene ring substituents is 1. The lowest BCUT2D eigenvalue weighted by molar-refractivity contribution is -0.384. The molecule has 2 aromatic heterocycles. The Morgan fingerprint density at radius 1 is 1.26 bits per heavy atom. The van der Waals surface area contributed by atoms with Gasteiger partial charge in [0.15, 0.2) is 5.65 Å². The second-order valence-corrected chi connectivity index (χ2v) is 6.91. The van der Waals surface area contributed by atoms with Crippen molar-refractivity contribution in [1.82, 2.24) is 19.5 Å². The Labute approximate surface area is 159 Å². The molecule has 1 unspecified atom stereocenters. The fourth-order valence-electron chi connectivity index (χ4n) is 3.47.